The van der Waals surface area contributed by atoms with E-state index in [0.29, 0.717) is 0 Å². The van der Waals surface area contributed by atoms with E-state index in [-0.39, 0.29) is 27.0 Å². The van der Waals surface area contributed by atoms with Gasteiger partial charge in [0.05, 0.1) is 21.3 Å². The van der Waals surface area contributed by atoms with Crippen molar-refractivity contribution in [3.63, 3.8) is 0 Å². The Balaban J connectivity index is 2.33. The fourth-order valence-corrected chi connectivity index (χ4v) is 2.11. The summed E-state index contributed by atoms with van der Waals surface area (Å²) in [6.45, 7) is 0. The molecule has 1 amide bonds. The Morgan fingerprint density at radius 3 is 2.25 bits per heavy atom. The molecule has 0 aromatic heterocycles. The van der Waals surface area contributed by atoms with Gasteiger partial charge in [0, 0.05) is 5.69 Å². The van der Waals surface area contributed by atoms with Crippen molar-refractivity contribution in [1.29, 1.82) is 0 Å². The van der Waals surface area contributed by atoms with Crippen molar-refractivity contribution in [2.75, 3.05) is 11.1 Å². The summed E-state index contributed by atoms with van der Waals surface area (Å²) in [5.74, 6) is -2.19. The first-order chi connectivity index (χ1) is 9.38. The predicted octanol–water partition coefficient (Wildman–Crippen LogP) is 4.11. The van der Waals surface area contributed by atoms with Gasteiger partial charge in [0.25, 0.3) is 5.91 Å². The molecule has 0 aliphatic rings. The number of amides is 1. The van der Waals surface area contributed by atoms with E-state index < -0.39 is 17.5 Å². The van der Waals surface area contributed by atoms with Crippen LogP contribution in [0.1, 0.15) is 10.4 Å². The maximum absolute atomic E-state index is 13.6. The minimum absolute atomic E-state index is 0.0101. The summed E-state index contributed by atoms with van der Waals surface area (Å²) in [6, 6.07) is 5.60. The summed E-state index contributed by atoms with van der Waals surface area (Å²) in [7, 11) is 0. The third-order valence-corrected chi connectivity index (χ3v) is 3.08. The molecule has 0 spiro atoms. The van der Waals surface area contributed by atoms with Crippen LogP contribution in [-0.4, -0.2) is 5.91 Å². The number of hydrogen-bond acceptors (Lipinski definition) is 2. The largest absolute Gasteiger partial charge is 0.399 e. The lowest BCUT2D eigenvalue weighted by molar-refractivity contribution is 0.102. The monoisotopic (exact) mass is 316 g/mol. The van der Waals surface area contributed by atoms with Crippen LogP contribution in [0.5, 0.6) is 0 Å². The quantitative estimate of drug-likeness (QED) is 0.819. The van der Waals surface area contributed by atoms with Crippen LogP contribution in [0.4, 0.5) is 20.2 Å². The van der Waals surface area contributed by atoms with Crippen LogP contribution in [0.25, 0.3) is 0 Å². The number of carbonyl (C=O) groups excluding carboxylic acids is 1. The van der Waals surface area contributed by atoms with Crippen LogP contribution in [0.2, 0.25) is 10.0 Å². The number of nitrogens with one attached hydrogen (secondary N) is 1. The average molecular weight is 317 g/mol. The van der Waals surface area contributed by atoms with E-state index in [0.717, 1.165) is 18.2 Å². The van der Waals surface area contributed by atoms with Crippen LogP contribution >= 0.6 is 23.2 Å². The number of hydrogen-bond donors (Lipinski definition) is 2. The molecular formula is C13H8Cl2F2N2O. The van der Waals surface area contributed by atoms with E-state index in [1.54, 1.807) is 0 Å². The molecule has 104 valence electrons. The number of rotatable bonds is 2. The molecular weight excluding hydrogens is 309 g/mol. The fraction of sp³-hybridized carbons (Fsp3) is 0. The van der Waals surface area contributed by atoms with Gasteiger partial charge in [0.1, 0.15) is 11.6 Å². The summed E-state index contributed by atoms with van der Waals surface area (Å²) < 4.78 is 26.6. The van der Waals surface area contributed by atoms with E-state index in [1.807, 2.05) is 0 Å². The first-order valence-corrected chi connectivity index (χ1v) is 6.15. The van der Waals surface area contributed by atoms with E-state index >= 15 is 0 Å². The van der Waals surface area contributed by atoms with E-state index in [1.165, 1.54) is 12.1 Å². The molecule has 3 nitrogen and oxygen atoms in total. The third kappa shape index (κ3) is 3.00. The van der Waals surface area contributed by atoms with Crippen LogP contribution in [-0.2, 0) is 0 Å². The highest BCUT2D eigenvalue weighted by molar-refractivity contribution is 6.40. The van der Waals surface area contributed by atoms with E-state index in [4.69, 9.17) is 28.9 Å². The second-order valence-electron chi connectivity index (χ2n) is 3.94. The molecule has 0 aliphatic carbocycles. The zero-order valence-corrected chi connectivity index (χ0v) is 11.4. The Labute approximate surface area is 123 Å². The van der Waals surface area contributed by atoms with E-state index in [2.05, 4.69) is 5.32 Å². The van der Waals surface area contributed by atoms with Gasteiger partial charge in [-0.3, -0.25) is 4.79 Å². The highest BCUT2D eigenvalue weighted by Gasteiger charge is 2.16. The number of anilines is 2. The van der Waals surface area contributed by atoms with Crippen LogP contribution in [0.15, 0.2) is 30.3 Å². The maximum atomic E-state index is 13.6. The van der Waals surface area contributed by atoms with Gasteiger partial charge in [0.15, 0.2) is 0 Å². The van der Waals surface area contributed by atoms with Gasteiger partial charge in [-0.05, 0) is 30.3 Å². The highest BCUT2D eigenvalue weighted by Crippen LogP contribution is 2.31. The lowest BCUT2D eigenvalue weighted by Gasteiger charge is -2.10. The SMILES string of the molecule is Nc1ccc(C(=O)Nc2c(Cl)cc(F)cc2Cl)c(F)c1. The minimum atomic E-state index is -0.781. The lowest BCUT2D eigenvalue weighted by Crippen LogP contribution is -2.14. The molecule has 20 heavy (non-hydrogen) atoms. The van der Waals surface area contributed by atoms with Crippen LogP contribution < -0.4 is 11.1 Å². The lowest BCUT2D eigenvalue weighted by atomic mass is 10.1. The molecule has 2 rings (SSSR count). The second-order valence-corrected chi connectivity index (χ2v) is 4.75. The summed E-state index contributed by atoms with van der Waals surface area (Å²) in [6.07, 6.45) is 0. The van der Waals surface area contributed by atoms with Crippen molar-refractivity contribution in [3.05, 3.63) is 57.6 Å². The molecule has 2 aromatic carbocycles. The number of benzene rings is 2. The van der Waals surface area contributed by atoms with Gasteiger partial charge in [0.2, 0.25) is 0 Å². The molecule has 0 aliphatic heterocycles. The first kappa shape index (κ1) is 14.6. The van der Waals surface area contributed by atoms with Crippen LogP contribution in [0.3, 0.4) is 0 Å². The summed E-state index contributed by atoms with van der Waals surface area (Å²) in [5.41, 5.74) is 5.36. The Morgan fingerprint density at radius 1 is 1.10 bits per heavy atom. The topological polar surface area (TPSA) is 55.1 Å². The second kappa shape index (κ2) is 5.64. The molecule has 2 aromatic rings. The molecule has 0 unspecified atom stereocenters. The molecule has 0 radical (unpaired) electrons. The van der Waals surface area contributed by atoms with Crippen molar-refractivity contribution in [3.8, 4) is 0 Å². The van der Waals surface area contributed by atoms with Crippen molar-refractivity contribution in [2.45, 2.75) is 0 Å². The van der Waals surface area contributed by atoms with E-state index in [9.17, 15) is 13.6 Å². The fourth-order valence-electron chi connectivity index (χ4n) is 1.56. The Hall–Kier alpha value is -1.85. The molecule has 0 fully saturated rings. The first-order valence-electron chi connectivity index (χ1n) is 5.39. The molecule has 0 bridgehead atoms. The van der Waals surface area contributed by atoms with Crippen molar-refractivity contribution < 1.29 is 13.6 Å². The molecule has 7 heteroatoms. The summed E-state index contributed by atoms with van der Waals surface area (Å²) >= 11 is 11.6. The van der Waals surface area contributed by atoms with Crippen molar-refractivity contribution in [2.24, 2.45) is 0 Å². The number of nitrogen functional groups attached to an aromatic ring is 1. The van der Waals surface area contributed by atoms with Gasteiger partial charge in [-0.2, -0.15) is 0 Å². The molecule has 0 atom stereocenters. The summed E-state index contributed by atoms with van der Waals surface area (Å²) in [4.78, 5) is 11.9. The minimum Gasteiger partial charge on any atom is -0.399 e. The Bertz CT molecular complexity index is 669. The molecule has 0 heterocycles. The van der Waals surface area contributed by atoms with Gasteiger partial charge in [-0.15, -0.1) is 0 Å². The third-order valence-electron chi connectivity index (χ3n) is 2.48. The zero-order chi connectivity index (χ0) is 14.9. The number of carbonyl (C=O) groups is 1. The van der Waals surface area contributed by atoms with Crippen LogP contribution in [0, 0.1) is 11.6 Å². The Kier molecular flexibility index (Phi) is 4.11. The van der Waals surface area contributed by atoms with Gasteiger partial charge in [-0.1, -0.05) is 23.2 Å². The molecule has 3 N–H and O–H groups in total. The number of halogens is 4. The normalized spacial score (nSPS) is 10.4. The van der Waals surface area contributed by atoms with Gasteiger partial charge < -0.3 is 11.1 Å². The molecule has 0 saturated heterocycles. The molecule has 0 saturated carbocycles. The predicted molar refractivity (Wildman–Crippen MR) is 75.2 cm³/mol. The highest BCUT2D eigenvalue weighted by atomic mass is 35.5. The number of nitrogens with two attached hydrogens (primary N) is 1. The van der Waals surface area contributed by atoms with Gasteiger partial charge >= 0.3 is 0 Å². The Morgan fingerprint density at radius 2 is 1.70 bits per heavy atom. The van der Waals surface area contributed by atoms with Gasteiger partial charge in [-0.25, -0.2) is 8.78 Å². The zero-order valence-electron chi connectivity index (χ0n) is 9.88. The maximum Gasteiger partial charge on any atom is 0.258 e. The summed E-state index contributed by atoms with van der Waals surface area (Å²) in [5, 5.41) is 2.16. The smallest absolute Gasteiger partial charge is 0.258 e. The van der Waals surface area contributed by atoms with Crippen molar-refractivity contribution >= 4 is 40.5 Å². The standard InChI is InChI=1S/C13H8Cl2F2N2O/c14-9-3-6(16)4-10(15)12(9)19-13(20)8-2-1-7(18)5-11(8)17/h1-5H,18H2,(H,19,20). The van der Waals surface area contributed by atoms with Crippen molar-refractivity contribution in [1.82, 2.24) is 0 Å². The average Bonchev–Trinajstić information content (AvgIpc) is 2.33.